The van der Waals surface area contributed by atoms with Crippen LogP contribution in [0.4, 0.5) is 5.69 Å². The van der Waals surface area contributed by atoms with Crippen LogP contribution in [0.3, 0.4) is 0 Å². The maximum atomic E-state index is 4.47. The van der Waals surface area contributed by atoms with E-state index in [-0.39, 0.29) is 15.0 Å². The van der Waals surface area contributed by atoms with Gasteiger partial charge < -0.3 is 0 Å². The summed E-state index contributed by atoms with van der Waals surface area (Å²) in [6, 6.07) is 12.5. The van der Waals surface area contributed by atoms with E-state index in [2.05, 4.69) is 60.4 Å². The van der Waals surface area contributed by atoms with Gasteiger partial charge in [0.15, 0.2) is 0 Å². The Hall–Kier alpha value is -1.16. The minimum atomic E-state index is 0.0221. The molecule has 0 amide bonds. The molecular formula is C14H12BrN3Se. The molecule has 0 aliphatic heterocycles. The number of anilines is 1. The third-order valence-corrected chi connectivity index (χ3v) is 5.02. The fraction of sp³-hybridized carbons (Fsp3) is 0.143. The van der Waals surface area contributed by atoms with Gasteiger partial charge in [-0.25, -0.2) is 0 Å². The van der Waals surface area contributed by atoms with Crippen molar-refractivity contribution in [2.75, 3.05) is 5.32 Å². The van der Waals surface area contributed by atoms with Crippen molar-refractivity contribution in [3.8, 4) is 0 Å². The second-order valence-corrected chi connectivity index (χ2v) is 6.34. The van der Waals surface area contributed by atoms with Gasteiger partial charge in [0.1, 0.15) is 0 Å². The maximum absolute atomic E-state index is 4.47. The predicted octanol–water partition coefficient (Wildman–Crippen LogP) is 3.37. The molecule has 1 aromatic heterocycles. The molecule has 19 heavy (non-hydrogen) atoms. The first kappa shape index (κ1) is 12.9. The van der Waals surface area contributed by atoms with Crippen molar-refractivity contribution < 1.29 is 0 Å². The van der Waals surface area contributed by atoms with Crippen LogP contribution in [0.2, 0.25) is 0 Å². The molecule has 0 radical (unpaired) electrons. The van der Waals surface area contributed by atoms with Gasteiger partial charge in [0.05, 0.1) is 0 Å². The number of benzene rings is 2. The summed E-state index contributed by atoms with van der Waals surface area (Å²) in [6.07, 6.45) is 0. The molecule has 1 N–H and O–H groups in total. The Kier molecular flexibility index (Phi) is 3.69. The summed E-state index contributed by atoms with van der Waals surface area (Å²) in [7, 11) is 0. The number of aryl methyl sites for hydroxylation is 1. The van der Waals surface area contributed by atoms with Crippen molar-refractivity contribution in [3.63, 3.8) is 0 Å². The fourth-order valence-corrected chi connectivity index (χ4v) is 3.36. The molecule has 3 aromatic rings. The number of nitrogens with one attached hydrogen (secondary N) is 1. The Labute approximate surface area is 126 Å². The molecule has 0 atom stereocenters. The van der Waals surface area contributed by atoms with Crippen LogP contribution >= 0.6 is 15.9 Å². The molecule has 5 heteroatoms. The number of hydrogen-bond donors (Lipinski definition) is 1. The first-order chi connectivity index (χ1) is 9.24. The molecule has 0 bridgehead atoms. The quantitative estimate of drug-likeness (QED) is 0.708. The van der Waals surface area contributed by atoms with Crippen LogP contribution in [0.25, 0.3) is 11.0 Å². The van der Waals surface area contributed by atoms with Gasteiger partial charge in [0, 0.05) is 0 Å². The van der Waals surface area contributed by atoms with Crippen LogP contribution in [0.5, 0.6) is 0 Å². The van der Waals surface area contributed by atoms with Crippen molar-refractivity contribution in [2.45, 2.75) is 13.5 Å². The topological polar surface area (TPSA) is 37.8 Å². The predicted molar refractivity (Wildman–Crippen MR) is 82.7 cm³/mol. The Morgan fingerprint density at radius 2 is 2.11 bits per heavy atom. The molecule has 96 valence electrons. The minimum absolute atomic E-state index is 0.0221. The van der Waals surface area contributed by atoms with Gasteiger partial charge >= 0.3 is 126 Å². The average Bonchev–Trinajstić information content (AvgIpc) is 2.89. The monoisotopic (exact) mass is 381 g/mol. The van der Waals surface area contributed by atoms with E-state index in [1.807, 2.05) is 12.1 Å². The zero-order valence-electron chi connectivity index (χ0n) is 10.4. The Bertz CT molecular complexity index is 724. The van der Waals surface area contributed by atoms with Crippen molar-refractivity contribution in [1.82, 2.24) is 7.96 Å². The third kappa shape index (κ3) is 2.73. The summed E-state index contributed by atoms with van der Waals surface area (Å²) in [6.45, 7) is 2.90. The number of nitrogens with zero attached hydrogens (tertiary/aromatic N) is 2. The molecule has 2 aromatic carbocycles. The van der Waals surface area contributed by atoms with Crippen molar-refractivity contribution in [2.24, 2.45) is 0 Å². The number of aromatic nitrogens is 2. The molecule has 0 unspecified atom stereocenters. The Balaban J connectivity index is 1.82. The summed E-state index contributed by atoms with van der Waals surface area (Å²) in [5, 5.41) is 3.45. The van der Waals surface area contributed by atoms with E-state index >= 15 is 0 Å². The first-order valence-electron chi connectivity index (χ1n) is 5.94. The summed E-state index contributed by atoms with van der Waals surface area (Å²) in [5.41, 5.74) is 5.61. The van der Waals surface area contributed by atoms with Crippen LogP contribution in [0.1, 0.15) is 11.1 Å². The van der Waals surface area contributed by atoms with E-state index in [4.69, 9.17) is 0 Å². The van der Waals surface area contributed by atoms with Crippen molar-refractivity contribution >= 4 is 47.6 Å². The second kappa shape index (κ2) is 5.45. The van der Waals surface area contributed by atoms with Gasteiger partial charge in [-0.3, -0.25) is 0 Å². The molecule has 0 fully saturated rings. The van der Waals surface area contributed by atoms with Crippen LogP contribution < -0.4 is 5.32 Å². The zero-order valence-corrected chi connectivity index (χ0v) is 13.7. The Morgan fingerprint density at radius 1 is 1.21 bits per heavy atom. The molecule has 3 rings (SSSR count). The van der Waals surface area contributed by atoms with Gasteiger partial charge in [-0.15, -0.1) is 0 Å². The van der Waals surface area contributed by atoms with Gasteiger partial charge in [0.2, 0.25) is 0 Å². The second-order valence-electron chi connectivity index (χ2n) is 4.37. The van der Waals surface area contributed by atoms with Gasteiger partial charge in [-0.05, 0) is 0 Å². The molecule has 0 saturated carbocycles. The van der Waals surface area contributed by atoms with Gasteiger partial charge in [-0.2, -0.15) is 0 Å². The Morgan fingerprint density at radius 3 is 2.95 bits per heavy atom. The van der Waals surface area contributed by atoms with E-state index in [0.717, 1.165) is 27.7 Å². The fourth-order valence-electron chi connectivity index (χ4n) is 1.96. The molecule has 0 aliphatic rings. The van der Waals surface area contributed by atoms with Crippen LogP contribution in [-0.2, 0) is 6.54 Å². The molecule has 1 heterocycles. The molecular weight excluding hydrogens is 369 g/mol. The SMILES string of the molecule is Cc1cc(CNc2cccc3n[se]nc23)ccc1Br. The third-order valence-electron chi connectivity index (χ3n) is 2.99. The van der Waals surface area contributed by atoms with Gasteiger partial charge in [-0.1, -0.05) is 0 Å². The van der Waals surface area contributed by atoms with E-state index in [9.17, 15) is 0 Å². The average molecular weight is 381 g/mol. The van der Waals surface area contributed by atoms with E-state index < -0.39 is 0 Å². The number of rotatable bonds is 3. The normalized spacial score (nSPS) is 10.8. The standard InChI is InChI=1S/C14H12BrN3Se/c1-9-7-10(5-6-11(9)15)8-16-12-3-2-4-13-14(12)18-19-17-13/h2-7,16H,8H2,1H3. The van der Waals surface area contributed by atoms with Crippen LogP contribution in [-0.4, -0.2) is 22.9 Å². The number of hydrogen-bond acceptors (Lipinski definition) is 3. The van der Waals surface area contributed by atoms with Gasteiger partial charge in [0.25, 0.3) is 0 Å². The van der Waals surface area contributed by atoms with Crippen LogP contribution in [0.15, 0.2) is 40.9 Å². The van der Waals surface area contributed by atoms with Crippen molar-refractivity contribution in [1.29, 1.82) is 0 Å². The molecule has 0 saturated heterocycles. The summed E-state index contributed by atoms with van der Waals surface area (Å²) in [4.78, 5) is 0. The summed E-state index contributed by atoms with van der Waals surface area (Å²) < 4.78 is 10.0. The van der Waals surface area contributed by atoms with E-state index in [1.54, 1.807) is 0 Å². The number of halogens is 1. The molecule has 0 aliphatic carbocycles. The summed E-state index contributed by atoms with van der Waals surface area (Å²) in [5.74, 6) is 0. The van der Waals surface area contributed by atoms with E-state index in [0.29, 0.717) is 0 Å². The first-order valence-corrected chi connectivity index (χ1v) is 8.27. The van der Waals surface area contributed by atoms with Crippen LogP contribution in [0, 0.1) is 6.92 Å². The summed E-state index contributed by atoms with van der Waals surface area (Å²) >= 11 is 3.54. The number of fused-ring (bicyclic) bond motifs is 1. The van der Waals surface area contributed by atoms with Crippen molar-refractivity contribution in [3.05, 3.63) is 52.0 Å². The zero-order chi connectivity index (χ0) is 13.2. The van der Waals surface area contributed by atoms with E-state index in [1.165, 1.54) is 11.1 Å². The molecule has 3 nitrogen and oxygen atoms in total. The molecule has 0 spiro atoms.